The zero-order chi connectivity index (χ0) is 17.2. The van der Waals surface area contributed by atoms with E-state index in [-0.39, 0.29) is 0 Å². The molecule has 128 valence electrons. The van der Waals surface area contributed by atoms with Crippen LogP contribution in [0.15, 0.2) is 36.7 Å². The molecule has 1 aromatic carbocycles. The number of anilines is 3. The number of benzene rings is 1. The topological polar surface area (TPSA) is 66.8 Å². The molecule has 3 heterocycles. The van der Waals surface area contributed by atoms with Crippen LogP contribution < -0.4 is 10.2 Å². The summed E-state index contributed by atoms with van der Waals surface area (Å²) in [7, 11) is 0. The summed E-state index contributed by atoms with van der Waals surface area (Å²) in [5.74, 6) is 2.20. The van der Waals surface area contributed by atoms with Gasteiger partial charge in [-0.3, -0.25) is 0 Å². The first-order chi connectivity index (χ1) is 12.2. The van der Waals surface area contributed by atoms with Crippen LogP contribution in [0.25, 0.3) is 11.2 Å². The number of fused-ring (bicyclic) bond motifs is 1. The zero-order valence-corrected chi connectivity index (χ0v) is 14.6. The van der Waals surface area contributed by atoms with Crippen molar-refractivity contribution < 1.29 is 0 Å². The molecule has 2 aromatic heterocycles. The fourth-order valence-electron chi connectivity index (χ4n) is 3.06. The van der Waals surface area contributed by atoms with E-state index >= 15 is 0 Å². The summed E-state index contributed by atoms with van der Waals surface area (Å²) in [5.41, 5.74) is 3.52. The van der Waals surface area contributed by atoms with Crippen LogP contribution in [-0.4, -0.2) is 33.0 Å². The van der Waals surface area contributed by atoms with Gasteiger partial charge in [0.05, 0.1) is 0 Å². The molecular weight excluding hydrogens is 312 g/mol. The molecule has 0 amide bonds. The van der Waals surface area contributed by atoms with Gasteiger partial charge >= 0.3 is 0 Å². The molecule has 0 unspecified atom stereocenters. The lowest BCUT2D eigenvalue weighted by molar-refractivity contribution is 0.435. The maximum absolute atomic E-state index is 4.77. The van der Waals surface area contributed by atoms with Crippen molar-refractivity contribution in [2.45, 2.75) is 26.7 Å². The third-order valence-electron chi connectivity index (χ3n) is 4.70. The summed E-state index contributed by atoms with van der Waals surface area (Å²) < 4.78 is 0. The second-order valence-corrected chi connectivity index (χ2v) is 6.76. The third-order valence-corrected chi connectivity index (χ3v) is 4.70. The van der Waals surface area contributed by atoms with Crippen molar-refractivity contribution in [3.63, 3.8) is 0 Å². The Balaban J connectivity index is 1.72. The fraction of sp³-hybridized carbons (Fsp3) is 0.368. The van der Waals surface area contributed by atoms with Gasteiger partial charge in [-0.2, -0.15) is 9.97 Å². The van der Waals surface area contributed by atoms with Gasteiger partial charge in [-0.05, 0) is 37.8 Å². The van der Waals surface area contributed by atoms with Gasteiger partial charge in [-0.15, -0.1) is 0 Å². The van der Waals surface area contributed by atoms with E-state index in [1.54, 1.807) is 12.4 Å². The van der Waals surface area contributed by atoms with Gasteiger partial charge in [-0.1, -0.05) is 24.6 Å². The molecule has 0 radical (unpaired) electrons. The highest BCUT2D eigenvalue weighted by molar-refractivity contribution is 5.85. The molecule has 1 N–H and O–H groups in total. The highest BCUT2D eigenvalue weighted by Crippen LogP contribution is 2.26. The molecule has 4 rings (SSSR count). The van der Waals surface area contributed by atoms with Crippen LogP contribution in [0.1, 0.15) is 25.3 Å². The summed E-state index contributed by atoms with van der Waals surface area (Å²) in [4.78, 5) is 20.5. The van der Waals surface area contributed by atoms with Gasteiger partial charge in [0.25, 0.3) is 0 Å². The van der Waals surface area contributed by atoms with Crippen molar-refractivity contribution in [3.8, 4) is 0 Å². The highest BCUT2D eigenvalue weighted by Gasteiger charge is 2.20. The molecular formula is C19H22N6. The number of nitrogens with zero attached hydrogens (tertiary/aromatic N) is 5. The Morgan fingerprint density at radius 1 is 1.00 bits per heavy atom. The third kappa shape index (κ3) is 3.38. The Kier molecular flexibility index (Phi) is 4.17. The Morgan fingerprint density at radius 2 is 1.72 bits per heavy atom. The van der Waals surface area contributed by atoms with E-state index < -0.39 is 0 Å². The molecule has 0 bridgehead atoms. The number of aryl methyl sites for hydroxylation is 1. The molecule has 25 heavy (non-hydrogen) atoms. The van der Waals surface area contributed by atoms with Gasteiger partial charge in [0.15, 0.2) is 17.0 Å². The molecule has 1 fully saturated rings. The summed E-state index contributed by atoms with van der Waals surface area (Å²) in [5, 5.41) is 3.38. The maximum atomic E-state index is 4.77. The van der Waals surface area contributed by atoms with Crippen LogP contribution >= 0.6 is 0 Å². The minimum absolute atomic E-state index is 0.626. The molecule has 0 aliphatic carbocycles. The first-order valence-electron chi connectivity index (χ1n) is 8.76. The summed E-state index contributed by atoms with van der Waals surface area (Å²) in [6, 6.07) is 8.23. The number of hydrogen-bond donors (Lipinski definition) is 1. The van der Waals surface area contributed by atoms with Crippen LogP contribution in [0.4, 0.5) is 17.5 Å². The summed E-state index contributed by atoms with van der Waals surface area (Å²) in [6.07, 6.45) is 5.69. The van der Waals surface area contributed by atoms with Gasteiger partial charge < -0.3 is 10.2 Å². The summed E-state index contributed by atoms with van der Waals surface area (Å²) >= 11 is 0. The fourth-order valence-corrected chi connectivity index (χ4v) is 3.06. The van der Waals surface area contributed by atoms with Gasteiger partial charge in [0.2, 0.25) is 5.95 Å². The Hall–Kier alpha value is -2.76. The standard InChI is InChI=1S/C19H22N6/c1-13-3-5-15(6-4-13)22-18-16-17(21-10-9-20-16)23-19(24-18)25-11-7-14(2)8-12-25/h3-6,9-10,14H,7-8,11-12H2,1-2H3,(H,21,22,23,24). The van der Waals surface area contributed by atoms with Crippen molar-refractivity contribution in [2.75, 3.05) is 23.3 Å². The summed E-state index contributed by atoms with van der Waals surface area (Å²) in [6.45, 7) is 6.34. The van der Waals surface area contributed by atoms with Crippen molar-refractivity contribution in [2.24, 2.45) is 5.92 Å². The van der Waals surface area contributed by atoms with E-state index in [0.717, 1.165) is 30.6 Å². The van der Waals surface area contributed by atoms with Crippen LogP contribution in [-0.2, 0) is 0 Å². The average molecular weight is 334 g/mol. The van der Waals surface area contributed by atoms with E-state index in [1.165, 1.54) is 18.4 Å². The predicted molar refractivity (Wildman–Crippen MR) is 100 cm³/mol. The van der Waals surface area contributed by atoms with E-state index in [1.807, 2.05) is 12.1 Å². The predicted octanol–water partition coefficient (Wildman–Crippen LogP) is 3.71. The lowest BCUT2D eigenvalue weighted by atomic mass is 10.00. The second-order valence-electron chi connectivity index (χ2n) is 6.76. The van der Waals surface area contributed by atoms with E-state index in [4.69, 9.17) is 4.98 Å². The molecule has 1 aliphatic heterocycles. The molecule has 1 saturated heterocycles. The zero-order valence-electron chi connectivity index (χ0n) is 14.6. The molecule has 6 heteroatoms. The average Bonchev–Trinajstić information content (AvgIpc) is 2.64. The normalized spacial score (nSPS) is 15.5. The Morgan fingerprint density at radius 3 is 2.48 bits per heavy atom. The van der Waals surface area contributed by atoms with Crippen molar-refractivity contribution in [3.05, 3.63) is 42.2 Å². The van der Waals surface area contributed by atoms with E-state index in [9.17, 15) is 0 Å². The Bertz CT molecular complexity index is 869. The van der Waals surface area contributed by atoms with Gasteiger partial charge in [0, 0.05) is 31.2 Å². The second kappa shape index (κ2) is 6.63. The van der Waals surface area contributed by atoms with Crippen molar-refractivity contribution in [1.29, 1.82) is 0 Å². The number of rotatable bonds is 3. The number of aromatic nitrogens is 4. The minimum Gasteiger partial charge on any atom is -0.341 e. The van der Waals surface area contributed by atoms with E-state index in [2.05, 4.69) is 51.1 Å². The van der Waals surface area contributed by atoms with E-state index in [0.29, 0.717) is 17.0 Å². The Labute approximate surface area is 147 Å². The molecule has 1 aliphatic rings. The molecule has 0 spiro atoms. The van der Waals surface area contributed by atoms with Crippen molar-refractivity contribution in [1.82, 2.24) is 19.9 Å². The first-order valence-corrected chi connectivity index (χ1v) is 8.76. The number of nitrogens with one attached hydrogen (secondary N) is 1. The SMILES string of the molecule is Cc1ccc(Nc2nc(N3CCC(C)CC3)nc3nccnc23)cc1. The quantitative estimate of drug-likeness (QED) is 0.787. The van der Waals surface area contributed by atoms with Crippen LogP contribution in [0.2, 0.25) is 0 Å². The van der Waals surface area contributed by atoms with Gasteiger partial charge in [-0.25, -0.2) is 9.97 Å². The lowest BCUT2D eigenvalue weighted by Crippen LogP contribution is -2.34. The van der Waals surface area contributed by atoms with Crippen molar-refractivity contribution >= 4 is 28.6 Å². The largest absolute Gasteiger partial charge is 0.341 e. The molecule has 3 aromatic rings. The smallest absolute Gasteiger partial charge is 0.229 e. The van der Waals surface area contributed by atoms with Crippen LogP contribution in [0.3, 0.4) is 0 Å². The molecule has 0 atom stereocenters. The number of piperidine rings is 1. The first kappa shape index (κ1) is 15.7. The monoisotopic (exact) mass is 334 g/mol. The van der Waals surface area contributed by atoms with Gasteiger partial charge in [0.1, 0.15) is 0 Å². The lowest BCUT2D eigenvalue weighted by Gasteiger charge is -2.30. The molecule has 0 saturated carbocycles. The molecule has 6 nitrogen and oxygen atoms in total. The van der Waals surface area contributed by atoms with Crippen LogP contribution in [0.5, 0.6) is 0 Å². The highest BCUT2D eigenvalue weighted by atomic mass is 15.3. The van der Waals surface area contributed by atoms with Crippen LogP contribution in [0, 0.1) is 12.8 Å². The maximum Gasteiger partial charge on any atom is 0.229 e. The number of hydrogen-bond acceptors (Lipinski definition) is 6. The minimum atomic E-state index is 0.626.